The van der Waals surface area contributed by atoms with Gasteiger partial charge >= 0.3 is 0 Å². The summed E-state index contributed by atoms with van der Waals surface area (Å²) in [7, 11) is 0. The number of rotatable bonds is 4. The average Bonchev–Trinajstić information content (AvgIpc) is 2.72. The van der Waals surface area contributed by atoms with Crippen LogP contribution in [0.25, 0.3) is 28.1 Å². The molecular weight excluding hydrogens is 346 g/mol. The van der Waals surface area contributed by atoms with Gasteiger partial charge < -0.3 is 4.98 Å². The lowest BCUT2D eigenvalue weighted by atomic mass is 9.94. The number of aromatic nitrogens is 1. The van der Waals surface area contributed by atoms with Gasteiger partial charge in [0.25, 0.3) is 5.56 Å². The van der Waals surface area contributed by atoms with Gasteiger partial charge in [-0.05, 0) is 30.2 Å². The van der Waals surface area contributed by atoms with Crippen molar-refractivity contribution in [1.29, 1.82) is 0 Å². The lowest BCUT2D eigenvalue weighted by molar-refractivity contribution is 0.104. The molecule has 3 heteroatoms. The van der Waals surface area contributed by atoms with Crippen LogP contribution >= 0.6 is 0 Å². The molecule has 0 saturated carbocycles. The van der Waals surface area contributed by atoms with E-state index in [-0.39, 0.29) is 16.9 Å². The number of nitrogens with one attached hydrogen (secondary N) is 1. The minimum absolute atomic E-state index is 0.160. The zero-order chi connectivity index (χ0) is 19.5. The molecule has 0 spiro atoms. The normalized spacial score (nSPS) is 11.2. The van der Waals surface area contributed by atoms with Gasteiger partial charge in [0.2, 0.25) is 0 Å². The van der Waals surface area contributed by atoms with Crippen LogP contribution in [0, 0.1) is 6.92 Å². The molecule has 136 valence electrons. The standard InChI is InChI=1S/C25H19NO2/c1-17-11-13-18(14-12-17)15-16-22(27)24-23(19-7-3-2-4-8-19)20-9-5-6-10-21(20)26-25(24)28/h2-16H,1H3,(H,26,28)/b16-15+. The first-order valence-corrected chi connectivity index (χ1v) is 9.13. The fraction of sp³-hybridized carbons (Fsp3) is 0.0400. The summed E-state index contributed by atoms with van der Waals surface area (Å²) in [4.78, 5) is 28.7. The van der Waals surface area contributed by atoms with E-state index in [9.17, 15) is 9.59 Å². The molecule has 0 aliphatic carbocycles. The van der Waals surface area contributed by atoms with Crippen LogP contribution in [0.5, 0.6) is 0 Å². The molecule has 0 fully saturated rings. The zero-order valence-electron chi connectivity index (χ0n) is 15.5. The van der Waals surface area contributed by atoms with Gasteiger partial charge in [0.1, 0.15) is 0 Å². The minimum atomic E-state index is -0.379. The van der Waals surface area contributed by atoms with Crippen LogP contribution in [-0.2, 0) is 0 Å². The number of hydrogen-bond donors (Lipinski definition) is 1. The molecule has 0 saturated heterocycles. The fourth-order valence-corrected chi connectivity index (χ4v) is 3.32. The molecule has 0 radical (unpaired) electrons. The number of pyridine rings is 1. The Morgan fingerprint density at radius 2 is 1.54 bits per heavy atom. The highest BCUT2D eigenvalue weighted by molar-refractivity contribution is 6.15. The van der Waals surface area contributed by atoms with Gasteiger partial charge in [0.15, 0.2) is 5.78 Å². The molecule has 0 aliphatic rings. The lowest BCUT2D eigenvalue weighted by Gasteiger charge is -2.11. The number of ketones is 1. The highest BCUT2D eigenvalue weighted by Crippen LogP contribution is 2.29. The van der Waals surface area contributed by atoms with Gasteiger partial charge in [-0.1, -0.05) is 84.4 Å². The molecule has 28 heavy (non-hydrogen) atoms. The topological polar surface area (TPSA) is 49.9 Å². The van der Waals surface area contributed by atoms with E-state index in [1.807, 2.05) is 85.8 Å². The van der Waals surface area contributed by atoms with Crippen LogP contribution in [0.1, 0.15) is 21.5 Å². The monoisotopic (exact) mass is 365 g/mol. The van der Waals surface area contributed by atoms with E-state index in [2.05, 4.69) is 4.98 Å². The molecule has 1 aromatic heterocycles. The lowest BCUT2D eigenvalue weighted by Crippen LogP contribution is -2.18. The van der Waals surface area contributed by atoms with Crippen LogP contribution < -0.4 is 5.56 Å². The number of para-hydroxylation sites is 1. The molecule has 0 bridgehead atoms. The van der Waals surface area contributed by atoms with Crippen molar-refractivity contribution in [2.24, 2.45) is 0 Å². The summed E-state index contributed by atoms with van der Waals surface area (Å²) >= 11 is 0. The second kappa shape index (κ2) is 7.49. The van der Waals surface area contributed by atoms with Crippen molar-refractivity contribution < 1.29 is 4.79 Å². The Kier molecular flexibility index (Phi) is 4.73. The molecule has 0 atom stereocenters. The Morgan fingerprint density at radius 3 is 2.29 bits per heavy atom. The smallest absolute Gasteiger partial charge is 0.260 e. The number of allylic oxidation sites excluding steroid dienone is 1. The van der Waals surface area contributed by atoms with Crippen molar-refractivity contribution in [3.63, 3.8) is 0 Å². The zero-order valence-corrected chi connectivity index (χ0v) is 15.5. The van der Waals surface area contributed by atoms with Crippen molar-refractivity contribution in [1.82, 2.24) is 4.98 Å². The summed E-state index contributed by atoms with van der Waals surface area (Å²) in [5.74, 6) is -0.313. The summed E-state index contributed by atoms with van der Waals surface area (Å²) < 4.78 is 0. The van der Waals surface area contributed by atoms with Crippen molar-refractivity contribution in [3.05, 3.63) is 112 Å². The van der Waals surface area contributed by atoms with Crippen LogP contribution in [-0.4, -0.2) is 10.8 Å². The summed E-state index contributed by atoms with van der Waals surface area (Å²) in [5.41, 5.74) is 4.07. The predicted molar refractivity (Wildman–Crippen MR) is 115 cm³/mol. The maximum absolute atomic E-state index is 13.0. The molecule has 1 heterocycles. The van der Waals surface area contributed by atoms with Gasteiger partial charge in [-0.15, -0.1) is 0 Å². The van der Waals surface area contributed by atoms with E-state index in [0.29, 0.717) is 11.1 Å². The van der Waals surface area contributed by atoms with E-state index in [1.54, 1.807) is 6.08 Å². The predicted octanol–water partition coefficient (Wildman–Crippen LogP) is 5.40. The fourth-order valence-electron chi connectivity index (χ4n) is 3.32. The molecular formula is C25H19NO2. The molecule has 0 unspecified atom stereocenters. The number of H-pyrrole nitrogens is 1. The van der Waals surface area contributed by atoms with Crippen LogP contribution in [0.2, 0.25) is 0 Å². The molecule has 3 aromatic carbocycles. The minimum Gasteiger partial charge on any atom is -0.321 e. The summed E-state index contributed by atoms with van der Waals surface area (Å²) in [5, 5.41) is 0.848. The van der Waals surface area contributed by atoms with Gasteiger partial charge in [-0.3, -0.25) is 9.59 Å². The average molecular weight is 365 g/mol. The first-order chi connectivity index (χ1) is 13.6. The van der Waals surface area contributed by atoms with E-state index < -0.39 is 0 Å². The summed E-state index contributed by atoms with van der Waals surface area (Å²) in [6.45, 7) is 2.01. The number of aromatic amines is 1. The quantitative estimate of drug-likeness (QED) is 0.389. The third kappa shape index (κ3) is 3.42. The second-order valence-corrected chi connectivity index (χ2v) is 6.72. The van der Waals surface area contributed by atoms with Gasteiger partial charge in [0.05, 0.1) is 5.56 Å². The number of hydrogen-bond acceptors (Lipinski definition) is 2. The van der Waals surface area contributed by atoms with E-state index in [4.69, 9.17) is 0 Å². The van der Waals surface area contributed by atoms with Crippen molar-refractivity contribution in [3.8, 4) is 11.1 Å². The number of carbonyl (C=O) groups excluding carboxylic acids is 1. The third-order valence-electron chi connectivity index (χ3n) is 4.74. The van der Waals surface area contributed by atoms with Crippen molar-refractivity contribution in [2.45, 2.75) is 6.92 Å². The Balaban J connectivity index is 1.88. The van der Waals surface area contributed by atoms with Crippen molar-refractivity contribution in [2.75, 3.05) is 0 Å². The van der Waals surface area contributed by atoms with E-state index >= 15 is 0 Å². The number of carbonyl (C=O) groups is 1. The molecule has 4 rings (SSSR count). The van der Waals surface area contributed by atoms with Crippen LogP contribution in [0.15, 0.2) is 89.7 Å². The van der Waals surface area contributed by atoms with E-state index in [0.717, 1.165) is 22.1 Å². The van der Waals surface area contributed by atoms with E-state index in [1.165, 1.54) is 6.08 Å². The maximum Gasteiger partial charge on any atom is 0.260 e. The summed E-state index contributed by atoms with van der Waals surface area (Å²) in [6.07, 6.45) is 3.21. The molecule has 1 N–H and O–H groups in total. The first-order valence-electron chi connectivity index (χ1n) is 9.13. The third-order valence-corrected chi connectivity index (χ3v) is 4.74. The maximum atomic E-state index is 13.0. The van der Waals surface area contributed by atoms with Crippen molar-refractivity contribution >= 4 is 22.8 Å². The number of aryl methyl sites for hydroxylation is 1. The largest absolute Gasteiger partial charge is 0.321 e. The van der Waals surface area contributed by atoms with Gasteiger partial charge in [0, 0.05) is 16.5 Å². The Hall–Kier alpha value is -3.72. The van der Waals surface area contributed by atoms with Crippen LogP contribution in [0.3, 0.4) is 0 Å². The van der Waals surface area contributed by atoms with Gasteiger partial charge in [-0.25, -0.2) is 0 Å². The Morgan fingerprint density at radius 1 is 0.857 bits per heavy atom. The SMILES string of the molecule is Cc1ccc(/C=C/C(=O)c2c(-c3ccccc3)c3ccccc3[nH]c2=O)cc1. The molecule has 4 aromatic rings. The van der Waals surface area contributed by atoms with Gasteiger partial charge in [-0.2, -0.15) is 0 Å². The summed E-state index contributed by atoms with van der Waals surface area (Å²) in [6, 6.07) is 25.0. The molecule has 0 aliphatic heterocycles. The Labute approximate surface area is 163 Å². The highest BCUT2D eigenvalue weighted by Gasteiger charge is 2.18. The number of fused-ring (bicyclic) bond motifs is 1. The Bertz CT molecular complexity index is 1230. The number of benzene rings is 3. The first kappa shape index (κ1) is 17.7. The molecule has 3 nitrogen and oxygen atoms in total. The van der Waals surface area contributed by atoms with Crippen LogP contribution in [0.4, 0.5) is 0 Å². The second-order valence-electron chi connectivity index (χ2n) is 6.72. The highest BCUT2D eigenvalue weighted by atomic mass is 16.1. The molecule has 0 amide bonds.